The summed E-state index contributed by atoms with van der Waals surface area (Å²) in [5.41, 5.74) is 3.06. The number of aromatic nitrogens is 2. The van der Waals surface area contributed by atoms with E-state index >= 15 is 0 Å². The van der Waals surface area contributed by atoms with Crippen molar-refractivity contribution in [1.82, 2.24) is 14.7 Å². The van der Waals surface area contributed by atoms with Crippen molar-refractivity contribution in [3.63, 3.8) is 0 Å². The van der Waals surface area contributed by atoms with Crippen molar-refractivity contribution < 1.29 is 4.79 Å². The lowest BCUT2D eigenvalue weighted by Gasteiger charge is -2.25. The second-order valence-corrected chi connectivity index (χ2v) is 6.09. The van der Waals surface area contributed by atoms with Crippen LogP contribution in [0, 0.1) is 0 Å². The summed E-state index contributed by atoms with van der Waals surface area (Å²) in [6, 6.07) is 21.9. The summed E-state index contributed by atoms with van der Waals surface area (Å²) in [5.74, 6) is -0.216. The highest BCUT2D eigenvalue weighted by atomic mass is 16.2. The van der Waals surface area contributed by atoms with E-state index in [9.17, 15) is 4.79 Å². The maximum atomic E-state index is 13.3. The molecule has 1 aromatic heterocycles. The molecular formula is C21H23N3O. The minimum atomic E-state index is -0.301. The molecule has 0 saturated heterocycles. The number of aryl methyl sites for hydroxylation is 1. The van der Waals surface area contributed by atoms with Crippen LogP contribution in [0.5, 0.6) is 0 Å². The number of hydrogen-bond acceptors (Lipinski definition) is 2. The Hall–Kier alpha value is -2.88. The highest BCUT2D eigenvalue weighted by molar-refractivity contribution is 5.87. The average Bonchev–Trinajstić information content (AvgIpc) is 3.10. The second kappa shape index (κ2) is 7.79. The van der Waals surface area contributed by atoms with Gasteiger partial charge < -0.3 is 4.90 Å². The van der Waals surface area contributed by atoms with E-state index in [2.05, 4.69) is 12.0 Å². The van der Waals surface area contributed by atoms with Gasteiger partial charge in [-0.3, -0.25) is 9.48 Å². The molecule has 0 radical (unpaired) electrons. The largest absolute Gasteiger partial charge is 0.339 e. The van der Waals surface area contributed by atoms with Crippen molar-refractivity contribution in [2.45, 2.75) is 25.9 Å². The first-order valence-electron chi connectivity index (χ1n) is 8.56. The van der Waals surface area contributed by atoms with Gasteiger partial charge in [-0.05, 0) is 24.1 Å². The molecule has 25 heavy (non-hydrogen) atoms. The Morgan fingerprint density at radius 3 is 2.08 bits per heavy atom. The van der Waals surface area contributed by atoms with Gasteiger partial charge in [0.15, 0.2) is 0 Å². The van der Waals surface area contributed by atoms with E-state index in [1.165, 1.54) is 0 Å². The first-order valence-corrected chi connectivity index (χ1v) is 8.56. The lowest BCUT2D eigenvalue weighted by atomic mass is 9.90. The summed E-state index contributed by atoms with van der Waals surface area (Å²) in [5, 5.41) is 4.29. The molecule has 0 spiro atoms. The summed E-state index contributed by atoms with van der Waals surface area (Å²) < 4.78 is 1.92. The Kier molecular flexibility index (Phi) is 5.29. The van der Waals surface area contributed by atoms with Crippen molar-refractivity contribution in [1.29, 1.82) is 0 Å². The summed E-state index contributed by atoms with van der Waals surface area (Å²) in [4.78, 5) is 15.1. The Bertz CT molecular complexity index is 772. The van der Waals surface area contributed by atoms with Crippen molar-refractivity contribution in [2.24, 2.45) is 0 Å². The zero-order valence-corrected chi connectivity index (χ0v) is 14.7. The third kappa shape index (κ3) is 3.79. The molecule has 3 aromatic rings. The lowest BCUT2D eigenvalue weighted by molar-refractivity contribution is -0.131. The summed E-state index contributed by atoms with van der Waals surface area (Å²) in [6.07, 6.45) is 1.78. The van der Waals surface area contributed by atoms with Gasteiger partial charge in [0.05, 0.1) is 18.2 Å². The van der Waals surface area contributed by atoms with Crippen LogP contribution in [-0.2, 0) is 17.9 Å². The van der Waals surface area contributed by atoms with Gasteiger partial charge in [-0.15, -0.1) is 0 Å². The van der Waals surface area contributed by atoms with Crippen molar-refractivity contribution in [3.05, 3.63) is 89.7 Å². The van der Waals surface area contributed by atoms with E-state index in [1.54, 1.807) is 11.1 Å². The molecule has 0 aliphatic rings. The maximum absolute atomic E-state index is 13.3. The highest BCUT2D eigenvalue weighted by Crippen LogP contribution is 2.27. The number of nitrogens with zero attached hydrogens (tertiary/aromatic N) is 3. The summed E-state index contributed by atoms with van der Waals surface area (Å²) in [7, 11) is 1.86. The molecule has 128 valence electrons. The number of carbonyl (C=O) groups is 1. The lowest BCUT2D eigenvalue weighted by Crippen LogP contribution is -2.32. The predicted octanol–water partition coefficient (Wildman–Crippen LogP) is 3.69. The van der Waals surface area contributed by atoms with Gasteiger partial charge in [-0.2, -0.15) is 5.10 Å². The van der Waals surface area contributed by atoms with Gasteiger partial charge in [-0.1, -0.05) is 60.7 Å². The van der Waals surface area contributed by atoms with E-state index < -0.39 is 0 Å². The van der Waals surface area contributed by atoms with Crippen LogP contribution in [0.2, 0.25) is 0 Å². The van der Waals surface area contributed by atoms with Crippen molar-refractivity contribution >= 4 is 5.91 Å². The van der Waals surface area contributed by atoms with Gasteiger partial charge in [0, 0.05) is 19.8 Å². The molecule has 0 bridgehead atoms. The monoisotopic (exact) mass is 333 g/mol. The molecule has 0 saturated carbocycles. The zero-order chi connectivity index (χ0) is 17.6. The number of carbonyl (C=O) groups excluding carboxylic acids is 1. The van der Waals surface area contributed by atoms with Crippen LogP contribution in [-0.4, -0.2) is 27.6 Å². The van der Waals surface area contributed by atoms with Crippen LogP contribution in [0.15, 0.2) is 72.9 Å². The molecule has 0 unspecified atom stereocenters. The van der Waals surface area contributed by atoms with Gasteiger partial charge in [0.25, 0.3) is 0 Å². The Labute approximate surface area is 148 Å². The molecule has 1 heterocycles. The Balaban J connectivity index is 1.89. The fraction of sp³-hybridized carbons (Fsp3) is 0.238. The zero-order valence-electron chi connectivity index (χ0n) is 14.7. The van der Waals surface area contributed by atoms with E-state index in [-0.39, 0.29) is 11.8 Å². The van der Waals surface area contributed by atoms with E-state index in [4.69, 9.17) is 0 Å². The average molecular weight is 333 g/mol. The van der Waals surface area contributed by atoms with E-state index in [1.807, 2.05) is 78.5 Å². The van der Waals surface area contributed by atoms with Crippen LogP contribution in [0.25, 0.3) is 0 Å². The van der Waals surface area contributed by atoms with Crippen LogP contribution in [0.3, 0.4) is 0 Å². The molecule has 2 aromatic carbocycles. The Morgan fingerprint density at radius 2 is 1.56 bits per heavy atom. The number of hydrogen-bond donors (Lipinski definition) is 0. The van der Waals surface area contributed by atoms with Crippen molar-refractivity contribution in [2.75, 3.05) is 7.05 Å². The van der Waals surface area contributed by atoms with Gasteiger partial charge in [0.1, 0.15) is 0 Å². The van der Waals surface area contributed by atoms with Gasteiger partial charge in [-0.25, -0.2) is 0 Å². The van der Waals surface area contributed by atoms with Crippen LogP contribution in [0.1, 0.15) is 29.7 Å². The maximum Gasteiger partial charge on any atom is 0.234 e. The fourth-order valence-corrected chi connectivity index (χ4v) is 3.09. The molecule has 0 aliphatic carbocycles. The normalized spacial score (nSPS) is 10.8. The van der Waals surface area contributed by atoms with Crippen LogP contribution >= 0.6 is 0 Å². The standard InChI is InChI=1S/C21H23N3O/c1-3-24-19(14-15-22-24)16-23(2)21(25)20(17-10-6-4-7-11-17)18-12-8-5-9-13-18/h4-15,20H,3,16H2,1-2H3. The molecule has 0 fully saturated rings. The van der Waals surface area contributed by atoms with Crippen LogP contribution in [0.4, 0.5) is 0 Å². The molecule has 4 nitrogen and oxygen atoms in total. The quantitative estimate of drug-likeness (QED) is 0.690. The molecule has 0 N–H and O–H groups in total. The van der Waals surface area contributed by atoms with Gasteiger partial charge in [0.2, 0.25) is 5.91 Å². The highest BCUT2D eigenvalue weighted by Gasteiger charge is 2.26. The first kappa shape index (κ1) is 17.0. The van der Waals surface area contributed by atoms with Gasteiger partial charge >= 0.3 is 0 Å². The number of benzene rings is 2. The summed E-state index contributed by atoms with van der Waals surface area (Å²) in [6.45, 7) is 3.39. The SMILES string of the molecule is CCn1nccc1CN(C)C(=O)C(c1ccccc1)c1ccccc1. The molecule has 3 rings (SSSR count). The molecule has 1 amide bonds. The minimum Gasteiger partial charge on any atom is -0.339 e. The van der Waals surface area contributed by atoms with E-state index in [0.717, 1.165) is 23.4 Å². The van der Waals surface area contributed by atoms with E-state index in [0.29, 0.717) is 6.54 Å². The first-order chi connectivity index (χ1) is 12.2. The Morgan fingerprint density at radius 1 is 1.00 bits per heavy atom. The topological polar surface area (TPSA) is 38.1 Å². The van der Waals surface area contributed by atoms with Crippen LogP contribution < -0.4 is 0 Å². The number of likely N-dealkylation sites (N-methyl/N-ethyl adjacent to an activating group) is 1. The molecule has 0 atom stereocenters. The second-order valence-electron chi connectivity index (χ2n) is 6.09. The third-order valence-electron chi connectivity index (χ3n) is 4.39. The summed E-state index contributed by atoms with van der Waals surface area (Å²) >= 11 is 0. The van der Waals surface area contributed by atoms with Crippen molar-refractivity contribution in [3.8, 4) is 0 Å². The number of amides is 1. The molecule has 0 aliphatic heterocycles. The molecule has 4 heteroatoms. The third-order valence-corrected chi connectivity index (χ3v) is 4.39. The fourth-order valence-electron chi connectivity index (χ4n) is 3.09. The number of rotatable bonds is 6. The molecular weight excluding hydrogens is 310 g/mol. The minimum absolute atomic E-state index is 0.0845. The smallest absolute Gasteiger partial charge is 0.234 e. The predicted molar refractivity (Wildman–Crippen MR) is 99.1 cm³/mol.